The number of carbonyl (C=O) groups excluding carboxylic acids is 1. The molecule has 0 aliphatic heterocycles. The minimum atomic E-state index is -0.323. The minimum absolute atomic E-state index is 0.252. The maximum absolute atomic E-state index is 13.2. The fraction of sp³-hybridized carbons (Fsp3) is 0.238. The summed E-state index contributed by atoms with van der Waals surface area (Å²) in [5.74, 6) is 0.223. The van der Waals surface area contributed by atoms with Gasteiger partial charge in [0.2, 0.25) is 0 Å². The van der Waals surface area contributed by atoms with Crippen molar-refractivity contribution in [3.8, 4) is 5.75 Å². The van der Waals surface area contributed by atoms with Crippen molar-refractivity contribution < 1.29 is 13.9 Å². The van der Waals surface area contributed by atoms with E-state index >= 15 is 0 Å². The number of hydrogen-bond donors (Lipinski definition) is 1. The Labute approximate surface area is 162 Å². The first-order valence-corrected chi connectivity index (χ1v) is 9.48. The van der Waals surface area contributed by atoms with Gasteiger partial charge in [-0.05, 0) is 61.2 Å². The summed E-state index contributed by atoms with van der Waals surface area (Å²) in [5.41, 5.74) is 4.47. The Balaban J connectivity index is 1.59. The number of amides is 1. The number of halogens is 1. The second kappa shape index (κ2) is 8.31. The Bertz CT molecular complexity index is 969. The van der Waals surface area contributed by atoms with Gasteiger partial charge in [-0.1, -0.05) is 18.2 Å². The third-order valence-corrected chi connectivity index (χ3v) is 5.06. The van der Waals surface area contributed by atoms with E-state index in [1.165, 1.54) is 29.0 Å². The van der Waals surface area contributed by atoms with Crippen LogP contribution in [0.3, 0.4) is 0 Å². The third-order valence-electron chi connectivity index (χ3n) is 4.24. The van der Waals surface area contributed by atoms with Gasteiger partial charge < -0.3 is 10.1 Å². The number of rotatable bonds is 6. The quantitative estimate of drug-likeness (QED) is 0.669. The highest BCUT2D eigenvalue weighted by Crippen LogP contribution is 2.24. The lowest BCUT2D eigenvalue weighted by atomic mass is 10.1. The molecule has 6 heteroatoms. The number of hydrogen-bond acceptors (Lipinski definition) is 4. The molecule has 4 nitrogen and oxygen atoms in total. The molecule has 0 unspecified atom stereocenters. The van der Waals surface area contributed by atoms with Gasteiger partial charge in [-0.3, -0.25) is 4.79 Å². The number of thiazole rings is 1. The predicted molar refractivity (Wildman–Crippen MR) is 105 cm³/mol. The fourth-order valence-corrected chi connectivity index (χ4v) is 3.38. The van der Waals surface area contributed by atoms with Crippen molar-refractivity contribution in [1.82, 2.24) is 10.3 Å². The van der Waals surface area contributed by atoms with E-state index < -0.39 is 0 Å². The zero-order valence-corrected chi connectivity index (χ0v) is 16.3. The summed E-state index contributed by atoms with van der Waals surface area (Å²) in [7, 11) is 0. The SMILES string of the molecule is Cc1cc(C)c(C)c(OCc2nc(C(=O)NCc3cccc(F)c3)cs2)c1. The van der Waals surface area contributed by atoms with Crippen LogP contribution in [-0.2, 0) is 13.2 Å². The van der Waals surface area contributed by atoms with Crippen LogP contribution < -0.4 is 10.1 Å². The van der Waals surface area contributed by atoms with Gasteiger partial charge in [-0.25, -0.2) is 9.37 Å². The van der Waals surface area contributed by atoms with Crippen LogP contribution in [0.15, 0.2) is 41.8 Å². The smallest absolute Gasteiger partial charge is 0.271 e. The lowest BCUT2D eigenvalue weighted by molar-refractivity contribution is 0.0946. The second-order valence-electron chi connectivity index (χ2n) is 6.43. The van der Waals surface area contributed by atoms with Gasteiger partial charge in [-0.15, -0.1) is 11.3 Å². The molecular weight excluding hydrogens is 363 g/mol. The molecule has 0 fully saturated rings. The number of aryl methyl sites for hydroxylation is 2. The Kier molecular flexibility index (Phi) is 5.86. The monoisotopic (exact) mass is 384 g/mol. The van der Waals surface area contributed by atoms with Crippen molar-refractivity contribution in [1.29, 1.82) is 0 Å². The van der Waals surface area contributed by atoms with Gasteiger partial charge in [0.1, 0.15) is 28.9 Å². The molecule has 0 aliphatic rings. The summed E-state index contributed by atoms with van der Waals surface area (Å²) >= 11 is 1.38. The van der Waals surface area contributed by atoms with E-state index in [1.54, 1.807) is 17.5 Å². The number of nitrogens with one attached hydrogen (secondary N) is 1. The summed E-state index contributed by atoms with van der Waals surface area (Å²) in [5, 5.41) is 5.18. The summed E-state index contributed by atoms with van der Waals surface area (Å²) < 4.78 is 19.1. The highest BCUT2D eigenvalue weighted by atomic mass is 32.1. The average molecular weight is 384 g/mol. The van der Waals surface area contributed by atoms with Crippen molar-refractivity contribution in [2.24, 2.45) is 0 Å². The van der Waals surface area contributed by atoms with Crippen LogP contribution >= 0.6 is 11.3 Å². The van der Waals surface area contributed by atoms with E-state index in [0.29, 0.717) is 17.9 Å². The Hall–Kier alpha value is -2.73. The van der Waals surface area contributed by atoms with Crippen LogP contribution in [0.5, 0.6) is 5.75 Å². The van der Waals surface area contributed by atoms with Crippen molar-refractivity contribution in [2.45, 2.75) is 33.9 Å². The molecule has 0 saturated carbocycles. The highest BCUT2D eigenvalue weighted by molar-refractivity contribution is 7.09. The molecule has 27 heavy (non-hydrogen) atoms. The molecule has 140 valence electrons. The normalized spacial score (nSPS) is 10.7. The number of benzene rings is 2. The van der Waals surface area contributed by atoms with Crippen LogP contribution in [0.2, 0.25) is 0 Å². The average Bonchev–Trinajstić information content (AvgIpc) is 3.10. The van der Waals surface area contributed by atoms with Gasteiger partial charge in [-0.2, -0.15) is 0 Å². The third kappa shape index (κ3) is 4.92. The molecule has 1 heterocycles. The standard InChI is InChI=1S/C21H21FN2O2S/c1-13-7-14(2)15(3)19(8-13)26-11-20-24-18(12-27-20)21(25)23-10-16-5-4-6-17(22)9-16/h4-9,12H,10-11H2,1-3H3,(H,23,25). The molecule has 0 bridgehead atoms. The van der Waals surface area contributed by atoms with Gasteiger partial charge in [0, 0.05) is 11.9 Å². The van der Waals surface area contributed by atoms with E-state index in [1.807, 2.05) is 19.9 Å². The van der Waals surface area contributed by atoms with Gasteiger partial charge in [0.15, 0.2) is 0 Å². The molecule has 0 aliphatic carbocycles. The lowest BCUT2D eigenvalue weighted by Crippen LogP contribution is -2.23. The first-order chi connectivity index (χ1) is 12.9. The molecular formula is C21H21FN2O2S. The summed E-state index contributed by atoms with van der Waals surface area (Å²) in [6.45, 7) is 6.67. The lowest BCUT2D eigenvalue weighted by Gasteiger charge is -2.11. The number of nitrogens with zero attached hydrogens (tertiary/aromatic N) is 1. The largest absolute Gasteiger partial charge is 0.486 e. The maximum Gasteiger partial charge on any atom is 0.271 e. The first-order valence-electron chi connectivity index (χ1n) is 8.60. The molecule has 0 spiro atoms. The number of carbonyl (C=O) groups is 1. The van der Waals surface area contributed by atoms with Gasteiger partial charge in [0.05, 0.1) is 0 Å². The van der Waals surface area contributed by atoms with E-state index in [-0.39, 0.29) is 18.3 Å². The van der Waals surface area contributed by atoms with Gasteiger partial charge in [0.25, 0.3) is 5.91 Å². The summed E-state index contributed by atoms with van der Waals surface area (Å²) in [6.07, 6.45) is 0. The maximum atomic E-state index is 13.2. The van der Waals surface area contributed by atoms with Crippen molar-refractivity contribution in [2.75, 3.05) is 0 Å². The molecule has 2 aromatic carbocycles. The van der Waals surface area contributed by atoms with E-state index in [9.17, 15) is 9.18 Å². The van der Waals surface area contributed by atoms with E-state index in [0.717, 1.165) is 21.9 Å². The minimum Gasteiger partial charge on any atom is -0.486 e. The molecule has 3 aromatic rings. The van der Waals surface area contributed by atoms with Crippen LogP contribution in [0.4, 0.5) is 4.39 Å². The van der Waals surface area contributed by atoms with E-state index in [4.69, 9.17) is 4.74 Å². The Morgan fingerprint density at radius 2 is 2.04 bits per heavy atom. The van der Waals surface area contributed by atoms with E-state index in [2.05, 4.69) is 23.3 Å². The molecule has 0 atom stereocenters. The zero-order chi connectivity index (χ0) is 19.4. The Morgan fingerprint density at radius 1 is 1.22 bits per heavy atom. The van der Waals surface area contributed by atoms with Crippen LogP contribution in [0, 0.1) is 26.6 Å². The number of ether oxygens (including phenoxy) is 1. The Morgan fingerprint density at radius 3 is 2.81 bits per heavy atom. The summed E-state index contributed by atoms with van der Waals surface area (Å²) in [6, 6.07) is 10.3. The molecule has 1 aromatic heterocycles. The van der Waals surface area contributed by atoms with Crippen molar-refractivity contribution in [3.05, 3.63) is 80.6 Å². The van der Waals surface area contributed by atoms with Crippen LogP contribution in [0.1, 0.15) is 37.7 Å². The predicted octanol–water partition coefficient (Wildman–Crippen LogP) is 4.72. The molecule has 1 N–H and O–H groups in total. The topological polar surface area (TPSA) is 51.2 Å². The fourth-order valence-electron chi connectivity index (χ4n) is 2.69. The van der Waals surface area contributed by atoms with Crippen molar-refractivity contribution >= 4 is 17.2 Å². The zero-order valence-electron chi connectivity index (χ0n) is 15.5. The second-order valence-corrected chi connectivity index (χ2v) is 7.38. The van der Waals surface area contributed by atoms with Crippen molar-refractivity contribution in [3.63, 3.8) is 0 Å². The van der Waals surface area contributed by atoms with Crippen LogP contribution in [0.25, 0.3) is 0 Å². The van der Waals surface area contributed by atoms with Gasteiger partial charge >= 0.3 is 0 Å². The van der Waals surface area contributed by atoms with Crippen LogP contribution in [-0.4, -0.2) is 10.9 Å². The molecule has 0 saturated heterocycles. The number of aromatic nitrogens is 1. The highest BCUT2D eigenvalue weighted by Gasteiger charge is 2.12. The summed E-state index contributed by atoms with van der Waals surface area (Å²) in [4.78, 5) is 16.6. The molecule has 0 radical (unpaired) electrons. The molecule has 3 rings (SSSR count). The molecule has 1 amide bonds. The first kappa shape index (κ1) is 19.0.